The van der Waals surface area contributed by atoms with E-state index >= 15 is 0 Å². The maximum Gasteiger partial charge on any atom is 0.255 e. The highest BCUT2D eigenvalue weighted by Crippen LogP contribution is 2.30. The lowest BCUT2D eigenvalue weighted by molar-refractivity contribution is 0.103. The number of nitrogens with zero attached hydrogens (tertiary/aromatic N) is 2. The Kier molecular flexibility index (Phi) is 3.88. The number of ketones is 1. The second kappa shape index (κ2) is 6.25. The van der Waals surface area contributed by atoms with Crippen molar-refractivity contribution in [2.45, 2.75) is 13.8 Å². The SMILES string of the molecule is Cc1cccc(-n2cc(C(=O)c3ccc4oc(C)nc4c3O)ccc2=O)c1. The van der Waals surface area contributed by atoms with Crippen molar-refractivity contribution < 1.29 is 14.3 Å². The zero-order valence-corrected chi connectivity index (χ0v) is 14.8. The number of rotatable bonds is 3. The van der Waals surface area contributed by atoms with Crippen LogP contribution in [0.1, 0.15) is 27.4 Å². The van der Waals surface area contributed by atoms with Crippen molar-refractivity contribution in [3.05, 3.63) is 87.7 Å². The Morgan fingerprint density at radius 1 is 1.11 bits per heavy atom. The average molecular weight is 360 g/mol. The second-order valence-electron chi connectivity index (χ2n) is 6.34. The van der Waals surface area contributed by atoms with E-state index < -0.39 is 5.78 Å². The molecular formula is C21H16N2O4. The van der Waals surface area contributed by atoms with Crippen molar-refractivity contribution in [3.8, 4) is 11.4 Å². The van der Waals surface area contributed by atoms with E-state index in [9.17, 15) is 14.7 Å². The van der Waals surface area contributed by atoms with Gasteiger partial charge in [-0.3, -0.25) is 14.2 Å². The number of hydrogen-bond acceptors (Lipinski definition) is 5. The van der Waals surface area contributed by atoms with Gasteiger partial charge in [0, 0.05) is 30.4 Å². The topological polar surface area (TPSA) is 85.3 Å². The first-order valence-electron chi connectivity index (χ1n) is 8.37. The number of hydrogen-bond donors (Lipinski definition) is 1. The van der Waals surface area contributed by atoms with Crippen LogP contribution in [0.4, 0.5) is 0 Å². The quantitative estimate of drug-likeness (QED) is 0.565. The molecule has 27 heavy (non-hydrogen) atoms. The molecule has 134 valence electrons. The van der Waals surface area contributed by atoms with Crippen molar-refractivity contribution in [2.24, 2.45) is 0 Å². The highest BCUT2D eigenvalue weighted by atomic mass is 16.3. The van der Waals surface area contributed by atoms with E-state index in [-0.39, 0.29) is 28.0 Å². The number of pyridine rings is 1. The minimum Gasteiger partial charge on any atom is -0.505 e. The first-order valence-corrected chi connectivity index (χ1v) is 8.37. The van der Waals surface area contributed by atoms with Gasteiger partial charge in [0.05, 0.1) is 5.56 Å². The maximum atomic E-state index is 12.9. The molecule has 0 unspecified atom stereocenters. The summed E-state index contributed by atoms with van der Waals surface area (Å²) >= 11 is 0. The summed E-state index contributed by atoms with van der Waals surface area (Å²) in [7, 11) is 0. The number of aromatic hydroxyl groups is 1. The Morgan fingerprint density at radius 2 is 1.93 bits per heavy atom. The summed E-state index contributed by atoms with van der Waals surface area (Å²) in [5.74, 6) is -0.239. The molecular weight excluding hydrogens is 344 g/mol. The van der Waals surface area contributed by atoms with Crippen molar-refractivity contribution in [2.75, 3.05) is 0 Å². The van der Waals surface area contributed by atoms with Crippen molar-refractivity contribution in [3.63, 3.8) is 0 Å². The van der Waals surface area contributed by atoms with Gasteiger partial charge in [-0.15, -0.1) is 0 Å². The molecule has 0 radical (unpaired) electrons. The molecule has 4 aromatic rings. The van der Waals surface area contributed by atoms with Gasteiger partial charge < -0.3 is 9.52 Å². The van der Waals surface area contributed by atoms with E-state index in [1.807, 2.05) is 25.1 Å². The largest absolute Gasteiger partial charge is 0.505 e. The summed E-state index contributed by atoms with van der Waals surface area (Å²) in [5.41, 5.74) is 2.46. The fourth-order valence-corrected chi connectivity index (χ4v) is 3.03. The van der Waals surface area contributed by atoms with Gasteiger partial charge in [-0.05, 0) is 42.8 Å². The van der Waals surface area contributed by atoms with Crippen LogP contribution in [0.15, 0.2) is 63.9 Å². The van der Waals surface area contributed by atoms with Gasteiger partial charge in [0.2, 0.25) is 0 Å². The molecule has 2 heterocycles. The summed E-state index contributed by atoms with van der Waals surface area (Å²) in [6.07, 6.45) is 1.48. The van der Waals surface area contributed by atoms with Crippen LogP contribution in [0, 0.1) is 13.8 Å². The Hall–Kier alpha value is -3.67. The zero-order valence-electron chi connectivity index (χ0n) is 14.8. The summed E-state index contributed by atoms with van der Waals surface area (Å²) < 4.78 is 6.78. The molecule has 0 amide bonds. The van der Waals surface area contributed by atoms with Gasteiger partial charge in [0.25, 0.3) is 5.56 Å². The molecule has 0 saturated heterocycles. The predicted octanol–water partition coefficient (Wildman–Crippen LogP) is 3.53. The minimum absolute atomic E-state index is 0.102. The first kappa shape index (κ1) is 16.8. The van der Waals surface area contributed by atoms with Crippen LogP contribution >= 0.6 is 0 Å². The zero-order chi connectivity index (χ0) is 19.1. The summed E-state index contributed by atoms with van der Waals surface area (Å²) in [4.78, 5) is 29.3. The number of benzene rings is 2. The first-order chi connectivity index (χ1) is 12.9. The third kappa shape index (κ3) is 2.91. The van der Waals surface area contributed by atoms with Crippen LogP contribution in [0.25, 0.3) is 16.8 Å². The number of phenols is 1. The van der Waals surface area contributed by atoms with Crippen LogP contribution in [-0.4, -0.2) is 20.4 Å². The van der Waals surface area contributed by atoms with E-state index in [4.69, 9.17) is 4.42 Å². The number of aryl methyl sites for hydroxylation is 2. The van der Waals surface area contributed by atoms with E-state index in [2.05, 4.69) is 4.98 Å². The molecule has 0 saturated carbocycles. The number of phenolic OH excluding ortho intramolecular Hbond substituents is 1. The summed E-state index contributed by atoms with van der Waals surface area (Å²) in [6.45, 7) is 3.59. The number of aromatic nitrogens is 2. The second-order valence-corrected chi connectivity index (χ2v) is 6.34. The van der Waals surface area contributed by atoms with Crippen LogP contribution in [0.2, 0.25) is 0 Å². The Balaban J connectivity index is 1.82. The van der Waals surface area contributed by atoms with Gasteiger partial charge >= 0.3 is 0 Å². The fraction of sp³-hybridized carbons (Fsp3) is 0.0952. The van der Waals surface area contributed by atoms with Crippen molar-refractivity contribution in [1.29, 1.82) is 0 Å². The Labute approximate surface area is 154 Å². The monoisotopic (exact) mass is 360 g/mol. The van der Waals surface area contributed by atoms with E-state index in [1.54, 1.807) is 19.1 Å². The molecule has 6 nitrogen and oxygen atoms in total. The van der Waals surface area contributed by atoms with Gasteiger partial charge in [-0.1, -0.05) is 12.1 Å². The molecule has 2 aromatic carbocycles. The van der Waals surface area contributed by atoms with Gasteiger partial charge in [-0.2, -0.15) is 0 Å². The molecule has 4 rings (SSSR count). The molecule has 0 spiro atoms. The highest BCUT2D eigenvalue weighted by Gasteiger charge is 2.19. The molecule has 0 fully saturated rings. The lowest BCUT2D eigenvalue weighted by Crippen LogP contribution is -2.18. The van der Waals surface area contributed by atoms with Gasteiger partial charge in [0.1, 0.15) is 0 Å². The molecule has 0 aliphatic rings. The van der Waals surface area contributed by atoms with Crippen LogP contribution in [0.5, 0.6) is 5.75 Å². The molecule has 0 aliphatic carbocycles. The number of carbonyl (C=O) groups is 1. The van der Waals surface area contributed by atoms with Gasteiger partial charge in [-0.25, -0.2) is 4.98 Å². The average Bonchev–Trinajstić information content (AvgIpc) is 3.03. The van der Waals surface area contributed by atoms with E-state index in [0.29, 0.717) is 17.2 Å². The van der Waals surface area contributed by atoms with Crippen LogP contribution < -0.4 is 5.56 Å². The molecule has 0 atom stereocenters. The summed E-state index contributed by atoms with van der Waals surface area (Å²) in [5, 5.41) is 10.5. The normalized spacial score (nSPS) is 11.0. The third-order valence-corrected chi connectivity index (χ3v) is 4.34. The highest BCUT2D eigenvalue weighted by molar-refractivity contribution is 6.12. The summed E-state index contributed by atoms with van der Waals surface area (Å²) in [6, 6.07) is 13.3. The number of oxazole rings is 1. The fourth-order valence-electron chi connectivity index (χ4n) is 3.03. The van der Waals surface area contributed by atoms with E-state index in [0.717, 1.165) is 5.56 Å². The lowest BCUT2D eigenvalue weighted by atomic mass is 10.0. The van der Waals surface area contributed by atoms with E-state index in [1.165, 1.54) is 29.0 Å². The van der Waals surface area contributed by atoms with Crippen molar-refractivity contribution in [1.82, 2.24) is 9.55 Å². The maximum absolute atomic E-state index is 12.9. The standard InChI is InChI=1S/C21H16N2O4/c1-12-4-3-5-15(10-12)23-11-14(6-9-18(23)24)20(25)16-7-8-17-19(21(16)26)22-13(2)27-17/h3-11,26H,1-2H3. The molecule has 6 heteroatoms. The number of carbonyl (C=O) groups excluding carboxylic acids is 1. The molecule has 0 bridgehead atoms. The predicted molar refractivity (Wildman–Crippen MR) is 101 cm³/mol. The minimum atomic E-state index is -0.406. The van der Waals surface area contributed by atoms with Gasteiger partial charge in [0.15, 0.2) is 28.5 Å². The Morgan fingerprint density at radius 3 is 2.70 bits per heavy atom. The van der Waals surface area contributed by atoms with Crippen LogP contribution in [-0.2, 0) is 0 Å². The molecule has 1 N–H and O–H groups in total. The Bertz CT molecular complexity index is 1250. The number of fused-ring (bicyclic) bond motifs is 1. The lowest BCUT2D eigenvalue weighted by Gasteiger charge is -2.09. The smallest absolute Gasteiger partial charge is 0.255 e. The van der Waals surface area contributed by atoms with Crippen molar-refractivity contribution >= 4 is 16.9 Å². The third-order valence-electron chi connectivity index (χ3n) is 4.34. The van der Waals surface area contributed by atoms with Crippen LogP contribution in [0.3, 0.4) is 0 Å². The molecule has 0 aliphatic heterocycles. The molecule has 2 aromatic heterocycles.